The highest BCUT2D eigenvalue weighted by Crippen LogP contribution is 2.17. The number of esters is 1. The van der Waals surface area contributed by atoms with Crippen molar-refractivity contribution >= 4 is 17.8 Å². The summed E-state index contributed by atoms with van der Waals surface area (Å²) in [5.41, 5.74) is 0.471. The number of carbonyl (C=O) groups excluding carboxylic acids is 3. The van der Waals surface area contributed by atoms with Gasteiger partial charge >= 0.3 is 5.97 Å². The molecule has 27 heavy (non-hydrogen) atoms. The van der Waals surface area contributed by atoms with Crippen LogP contribution in [0.5, 0.6) is 0 Å². The molecule has 1 aromatic rings. The third kappa shape index (κ3) is 6.38. The number of hydrogen-bond acceptors (Lipinski definition) is 4. The molecule has 0 bridgehead atoms. The Morgan fingerprint density at radius 3 is 2.22 bits per heavy atom. The van der Waals surface area contributed by atoms with E-state index in [1.165, 1.54) is 6.42 Å². The Bertz CT molecular complexity index is 639. The van der Waals surface area contributed by atoms with Gasteiger partial charge in [0.25, 0.3) is 11.8 Å². The smallest absolute Gasteiger partial charge is 0.329 e. The van der Waals surface area contributed by atoms with Crippen LogP contribution in [0, 0.1) is 5.92 Å². The van der Waals surface area contributed by atoms with Crippen molar-refractivity contribution in [1.29, 1.82) is 0 Å². The fraction of sp³-hybridized carbons (Fsp3) is 0.571. The standard InChI is InChI=1S/C21H30N2O4/c1-14(2)18(23-20(25)16-10-6-4-7-11-16)21(26)27-15(3)19(24)22-17-12-8-5-9-13-17/h4,6-7,10-11,14-15,17-18H,5,8-9,12-13H2,1-3H3,(H,22,24)(H,23,25). The van der Waals surface area contributed by atoms with Crippen molar-refractivity contribution in [3.05, 3.63) is 35.9 Å². The third-order valence-electron chi connectivity index (χ3n) is 4.86. The van der Waals surface area contributed by atoms with Gasteiger partial charge in [0.1, 0.15) is 6.04 Å². The number of rotatable bonds is 7. The van der Waals surface area contributed by atoms with Crippen LogP contribution in [-0.4, -0.2) is 36.0 Å². The lowest BCUT2D eigenvalue weighted by Crippen LogP contribution is -2.48. The number of amides is 2. The average molecular weight is 374 g/mol. The fourth-order valence-corrected chi connectivity index (χ4v) is 3.18. The van der Waals surface area contributed by atoms with Crippen LogP contribution in [0.3, 0.4) is 0 Å². The van der Waals surface area contributed by atoms with Crippen molar-refractivity contribution in [2.45, 2.75) is 71.1 Å². The van der Waals surface area contributed by atoms with Gasteiger partial charge in [0.05, 0.1) is 0 Å². The molecule has 1 fully saturated rings. The molecule has 2 N–H and O–H groups in total. The molecule has 2 unspecified atom stereocenters. The maximum atomic E-state index is 12.5. The Morgan fingerprint density at radius 2 is 1.63 bits per heavy atom. The van der Waals surface area contributed by atoms with E-state index in [1.54, 1.807) is 31.2 Å². The van der Waals surface area contributed by atoms with Crippen molar-refractivity contribution in [2.75, 3.05) is 0 Å². The fourth-order valence-electron chi connectivity index (χ4n) is 3.18. The summed E-state index contributed by atoms with van der Waals surface area (Å²) in [6.07, 6.45) is 4.46. The molecule has 6 heteroatoms. The molecule has 1 aromatic carbocycles. The van der Waals surface area contributed by atoms with Crippen LogP contribution >= 0.6 is 0 Å². The van der Waals surface area contributed by atoms with E-state index in [4.69, 9.17) is 4.74 Å². The van der Waals surface area contributed by atoms with Crippen molar-refractivity contribution in [1.82, 2.24) is 10.6 Å². The maximum Gasteiger partial charge on any atom is 0.329 e. The quantitative estimate of drug-likeness (QED) is 0.719. The van der Waals surface area contributed by atoms with E-state index < -0.39 is 18.1 Å². The summed E-state index contributed by atoms with van der Waals surface area (Å²) in [5.74, 6) is -1.39. The molecule has 0 aromatic heterocycles. The Kier molecular flexibility index (Phi) is 7.82. The van der Waals surface area contributed by atoms with E-state index in [0.717, 1.165) is 25.7 Å². The zero-order chi connectivity index (χ0) is 19.8. The van der Waals surface area contributed by atoms with Crippen LogP contribution in [0.15, 0.2) is 30.3 Å². The van der Waals surface area contributed by atoms with Crippen LogP contribution in [0.4, 0.5) is 0 Å². The molecule has 2 rings (SSSR count). The summed E-state index contributed by atoms with van der Waals surface area (Å²) in [4.78, 5) is 37.2. The van der Waals surface area contributed by atoms with E-state index in [9.17, 15) is 14.4 Å². The molecule has 0 heterocycles. The van der Waals surface area contributed by atoms with E-state index in [1.807, 2.05) is 19.9 Å². The molecular weight excluding hydrogens is 344 g/mol. The minimum absolute atomic E-state index is 0.158. The Hall–Kier alpha value is -2.37. The number of carbonyl (C=O) groups is 3. The zero-order valence-corrected chi connectivity index (χ0v) is 16.4. The normalized spacial score (nSPS) is 17.0. The predicted molar refractivity (Wildman–Crippen MR) is 103 cm³/mol. The lowest BCUT2D eigenvalue weighted by molar-refractivity contribution is -0.157. The Balaban J connectivity index is 1.91. The van der Waals surface area contributed by atoms with Gasteiger partial charge in [-0.05, 0) is 37.8 Å². The lowest BCUT2D eigenvalue weighted by atomic mass is 9.95. The number of ether oxygens (including phenoxy) is 1. The van der Waals surface area contributed by atoms with Crippen molar-refractivity contribution in [3.8, 4) is 0 Å². The van der Waals surface area contributed by atoms with E-state index in [2.05, 4.69) is 10.6 Å². The molecule has 0 spiro atoms. The molecular formula is C21H30N2O4. The summed E-state index contributed by atoms with van der Waals surface area (Å²) in [7, 11) is 0. The first-order valence-corrected chi connectivity index (χ1v) is 9.75. The third-order valence-corrected chi connectivity index (χ3v) is 4.86. The molecule has 0 aliphatic heterocycles. The van der Waals surface area contributed by atoms with Gasteiger partial charge < -0.3 is 15.4 Å². The van der Waals surface area contributed by atoms with Gasteiger partial charge in [-0.1, -0.05) is 51.3 Å². The number of hydrogen-bond donors (Lipinski definition) is 2. The molecule has 1 aliphatic carbocycles. The zero-order valence-electron chi connectivity index (χ0n) is 16.4. The molecule has 0 saturated heterocycles. The summed E-state index contributed by atoms with van der Waals surface area (Å²) in [6.45, 7) is 5.21. The summed E-state index contributed by atoms with van der Waals surface area (Å²) in [5, 5.41) is 5.67. The highest BCUT2D eigenvalue weighted by atomic mass is 16.5. The molecule has 2 amide bonds. The molecule has 1 aliphatic rings. The predicted octanol–water partition coefficient (Wildman–Crippen LogP) is 2.82. The first-order chi connectivity index (χ1) is 12.9. The minimum atomic E-state index is -0.894. The topological polar surface area (TPSA) is 84.5 Å². The second-order valence-corrected chi connectivity index (χ2v) is 7.48. The van der Waals surface area contributed by atoms with E-state index in [-0.39, 0.29) is 23.8 Å². The largest absolute Gasteiger partial charge is 0.451 e. The summed E-state index contributed by atoms with van der Waals surface area (Å²) < 4.78 is 5.35. The Morgan fingerprint density at radius 1 is 1.00 bits per heavy atom. The van der Waals surface area contributed by atoms with Crippen molar-refractivity contribution in [2.24, 2.45) is 5.92 Å². The maximum absolute atomic E-state index is 12.5. The number of benzene rings is 1. The summed E-state index contributed by atoms with van der Waals surface area (Å²) >= 11 is 0. The first kappa shape index (κ1) is 20.9. The van der Waals surface area contributed by atoms with Crippen LogP contribution in [-0.2, 0) is 14.3 Å². The van der Waals surface area contributed by atoms with Gasteiger partial charge in [-0.15, -0.1) is 0 Å². The van der Waals surface area contributed by atoms with E-state index >= 15 is 0 Å². The molecule has 0 radical (unpaired) electrons. The van der Waals surface area contributed by atoms with Crippen LogP contribution < -0.4 is 10.6 Å². The minimum Gasteiger partial charge on any atom is -0.451 e. The highest BCUT2D eigenvalue weighted by Gasteiger charge is 2.30. The first-order valence-electron chi connectivity index (χ1n) is 9.75. The van der Waals surface area contributed by atoms with Gasteiger partial charge in [0.15, 0.2) is 6.10 Å². The van der Waals surface area contributed by atoms with Crippen molar-refractivity contribution < 1.29 is 19.1 Å². The van der Waals surface area contributed by atoms with Crippen molar-refractivity contribution in [3.63, 3.8) is 0 Å². The van der Waals surface area contributed by atoms with Gasteiger partial charge in [0, 0.05) is 11.6 Å². The van der Waals surface area contributed by atoms with Gasteiger partial charge in [0.2, 0.25) is 0 Å². The second kappa shape index (κ2) is 10.1. The molecule has 1 saturated carbocycles. The second-order valence-electron chi connectivity index (χ2n) is 7.48. The van der Waals surface area contributed by atoms with Gasteiger partial charge in [-0.3, -0.25) is 9.59 Å². The van der Waals surface area contributed by atoms with Gasteiger partial charge in [-0.25, -0.2) is 4.79 Å². The Labute approximate surface area is 161 Å². The number of nitrogens with one attached hydrogen (secondary N) is 2. The SMILES string of the molecule is CC(OC(=O)C(NC(=O)c1ccccc1)C(C)C)C(=O)NC1CCCCC1. The average Bonchev–Trinajstić information content (AvgIpc) is 2.66. The van der Waals surface area contributed by atoms with Gasteiger partial charge in [-0.2, -0.15) is 0 Å². The summed E-state index contributed by atoms with van der Waals surface area (Å²) in [6, 6.07) is 8.03. The highest BCUT2D eigenvalue weighted by molar-refractivity contribution is 5.97. The monoisotopic (exact) mass is 374 g/mol. The van der Waals surface area contributed by atoms with Crippen LogP contribution in [0.2, 0.25) is 0 Å². The van der Waals surface area contributed by atoms with Crippen LogP contribution in [0.25, 0.3) is 0 Å². The lowest BCUT2D eigenvalue weighted by Gasteiger charge is -2.26. The molecule has 148 valence electrons. The van der Waals surface area contributed by atoms with Crippen LogP contribution in [0.1, 0.15) is 63.2 Å². The molecule has 2 atom stereocenters. The van der Waals surface area contributed by atoms with E-state index in [0.29, 0.717) is 5.56 Å². The molecule has 6 nitrogen and oxygen atoms in total.